The van der Waals surface area contributed by atoms with Crippen molar-refractivity contribution < 1.29 is 14.3 Å². The molecule has 9 heteroatoms. The number of allylic oxidation sites excluding steroid dienone is 1. The molecule has 0 fully saturated rings. The van der Waals surface area contributed by atoms with Gasteiger partial charge in [-0.25, -0.2) is 9.78 Å². The monoisotopic (exact) mass is 506 g/mol. The van der Waals surface area contributed by atoms with Crippen molar-refractivity contribution in [2.75, 3.05) is 18.6 Å². The summed E-state index contributed by atoms with van der Waals surface area (Å²) in [4.78, 5) is 18.8. The van der Waals surface area contributed by atoms with Gasteiger partial charge in [-0.2, -0.15) is 10.5 Å². The van der Waals surface area contributed by atoms with Gasteiger partial charge in [-0.15, -0.1) is 11.8 Å². The average Bonchev–Trinajstić information content (AvgIpc) is 2.85. The Morgan fingerprint density at radius 1 is 1.17 bits per heavy atom. The predicted octanol–water partition coefficient (Wildman–Crippen LogP) is 5.02. The van der Waals surface area contributed by atoms with Crippen LogP contribution in [0.25, 0.3) is 0 Å². The Labute approximate surface area is 214 Å². The van der Waals surface area contributed by atoms with Crippen LogP contribution in [0.1, 0.15) is 40.8 Å². The predicted molar refractivity (Wildman–Crippen MR) is 136 cm³/mol. The molecule has 1 aliphatic heterocycles. The summed E-state index contributed by atoms with van der Waals surface area (Å²) in [6.45, 7) is 7.59. The van der Waals surface area contributed by atoms with E-state index in [4.69, 9.17) is 15.2 Å². The molecule has 0 radical (unpaired) electrons. The number of rotatable bonds is 7. The highest BCUT2D eigenvalue weighted by molar-refractivity contribution is 7.99. The molecule has 180 valence electrons. The van der Waals surface area contributed by atoms with Gasteiger partial charge in [0.25, 0.3) is 0 Å². The maximum atomic E-state index is 13.2. The SMILES string of the molecule is CCOC(=O)C1=C(CSc2nc(C)c(C)c(C)c2C#N)OC(N)=C(C#N)[C@@H]1c1ccc(SC)cc1. The summed E-state index contributed by atoms with van der Waals surface area (Å²) in [6.07, 6.45) is 1.97. The molecule has 0 bridgehead atoms. The fraction of sp³-hybridized carbons (Fsp3) is 0.308. The molecule has 0 spiro atoms. The van der Waals surface area contributed by atoms with Crippen molar-refractivity contribution in [3.05, 3.63) is 75.0 Å². The van der Waals surface area contributed by atoms with E-state index in [1.165, 1.54) is 11.8 Å². The molecule has 0 saturated carbocycles. The van der Waals surface area contributed by atoms with Gasteiger partial charge in [-0.3, -0.25) is 0 Å². The Morgan fingerprint density at radius 3 is 2.43 bits per heavy atom. The van der Waals surface area contributed by atoms with Crippen molar-refractivity contribution in [2.45, 2.75) is 43.5 Å². The number of thioether (sulfide) groups is 2. The van der Waals surface area contributed by atoms with Crippen molar-refractivity contribution >= 4 is 29.5 Å². The van der Waals surface area contributed by atoms with Gasteiger partial charge in [0.2, 0.25) is 5.88 Å². The number of benzene rings is 1. The Balaban J connectivity index is 2.12. The second kappa shape index (κ2) is 11.4. The topological polar surface area (TPSA) is 122 Å². The fourth-order valence-corrected chi connectivity index (χ4v) is 5.20. The van der Waals surface area contributed by atoms with Crippen molar-refractivity contribution in [3.63, 3.8) is 0 Å². The van der Waals surface area contributed by atoms with Crippen LogP contribution in [-0.4, -0.2) is 29.6 Å². The van der Waals surface area contributed by atoms with Gasteiger partial charge in [0, 0.05) is 10.6 Å². The third-order valence-electron chi connectivity index (χ3n) is 5.86. The maximum Gasteiger partial charge on any atom is 0.338 e. The fourth-order valence-electron chi connectivity index (χ4n) is 3.77. The van der Waals surface area contributed by atoms with Crippen LogP contribution in [0.15, 0.2) is 57.0 Å². The first-order valence-corrected chi connectivity index (χ1v) is 13.1. The summed E-state index contributed by atoms with van der Waals surface area (Å²) in [5.74, 6) is -0.905. The first-order valence-electron chi connectivity index (χ1n) is 10.9. The normalized spacial score (nSPS) is 15.3. The molecule has 0 aliphatic carbocycles. The first kappa shape index (κ1) is 26.2. The number of nitriles is 2. The van der Waals surface area contributed by atoms with Crippen LogP contribution < -0.4 is 5.73 Å². The average molecular weight is 507 g/mol. The van der Waals surface area contributed by atoms with Crippen LogP contribution in [0.4, 0.5) is 0 Å². The largest absolute Gasteiger partial charge is 0.463 e. The van der Waals surface area contributed by atoms with Gasteiger partial charge >= 0.3 is 5.97 Å². The van der Waals surface area contributed by atoms with Crippen LogP contribution in [0.3, 0.4) is 0 Å². The van der Waals surface area contributed by atoms with E-state index >= 15 is 0 Å². The van der Waals surface area contributed by atoms with Crippen molar-refractivity contribution in [3.8, 4) is 12.1 Å². The molecule has 0 saturated heterocycles. The van der Waals surface area contributed by atoms with E-state index in [2.05, 4.69) is 17.1 Å². The number of carbonyl (C=O) groups excluding carboxylic acids is 1. The lowest BCUT2D eigenvalue weighted by atomic mass is 9.83. The zero-order valence-corrected chi connectivity index (χ0v) is 21.9. The van der Waals surface area contributed by atoms with Crippen LogP contribution in [0, 0.1) is 43.4 Å². The Morgan fingerprint density at radius 2 is 1.86 bits per heavy atom. The molecule has 1 aromatic heterocycles. The summed E-state index contributed by atoms with van der Waals surface area (Å²) in [5.41, 5.74) is 10.4. The van der Waals surface area contributed by atoms with Crippen molar-refractivity contribution in [1.82, 2.24) is 4.98 Å². The van der Waals surface area contributed by atoms with Gasteiger partial charge < -0.3 is 15.2 Å². The Hall–Kier alpha value is -3.40. The molecule has 0 unspecified atom stereocenters. The van der Waals surface area contributed by atoms with Gasteiger partial charge in [-0.05, 0) is 62.8 Å². The van der Waals surface area contributed by atoms with E-state index < -0.39 is 11.9 Å². The molecular weight excluding hydrogens is 480 g/mol. The molecule has 0 amide bonds. The van der Waals surface area contributed by atoms with E-state index in [0.29, 0.717) is 10.6 Å². The van der Waals surface area contributed by atoms with Crippen LogP contribution in [0.2, 0.25) is 0 Å². The number of pyridine rings is 1. The zero-order chi connectivity index (χ0) is 25.7. The number of nitrogens with two attached hydrogens (primary N) is 1. The summed E-state index contributed by atoms with van der Waals surface area (Å²) >= 11 is 2.87. The number of ether oxygens (including phenoxy) is 2. The van der Waals surface area contributed by atoms with E-state index in [1.54, 1.807) is 18.7 Å². The maximum absolute atomic E-state index is 13.2. The summed E-state index contributed by atoms with van der Waals surface area (Å²) < 4.78 is 11.2. The number of esters is 1. The lowest BCUT2D eigenvalue weighted by molar-refractivity contribution is -0.139. The minimum absolute atomic E-state index is 0.0557. The number of hydrogen-bond acceptors (Lipinski definition) is 9. The van der Waals surface area contributed by atoms with Crippen molar-refractivity contribution in [2.24, 2.45) is 5.73 Å². The first-order chi connectivity index (χ1) is 16.8. The standard InChI is InChI=1S/C26H26N4O3S2/c1-6-32-26(31)23-21(13-35-25-19(11-27)15(3)14(2)16(4)30-25)33-24(29)20(12-28)22(23)17-7-9-18(34-5)10-8-17/h7-10,22H,6,13,29H2,1-5H3/t22-/m0/s1. The molecule has 2 N–H and O–H groups in total. The number of nitrogens with zero attached hydrogens (tertiary/aromatic N) is 3. The minimum atomic E-state index is -0.732. The van der Waals surface area contributed by atoms with E-state index in [0.717, 1.165) is 27.3 Å². The highest BCUT2D eigenvalue weighted by Gasteiger charge is 2.37. The van der Waals surface area contributed by atoms with Crippen LogP contribution >= 0.6 is 23.5 Å². The van der Waals surface area contributed by atoms with E-state index in [-0.39, 0.29) is 35.1 Å². The third-order valence-corrected chi connectivity index (χ3v) is 7.58. The Kier molecular flexibility index (Phi) is 8.50. The van der Waals surface area contributed by atoms with E-state index in [9.17, 15) is 15.3 Å². The second-order valence-corrected chi connectivity index (χ2v) is 9.63. The van der Waals surface area contributed by atoms with Gasteiger partial charge in [0.1, 0.15) is 28.5 Å². The van der Waals surface area contributed by atoms with Gasteiger partial charge in [0.05, 0.1) is 29.4 Å². The van der Waals surface area contributed by atoms with Gasteiger partial charge in [-0.1, -0.05) is 23.9 Å². The molecule has 2 aromatic rings. The zero-order valence-electron chi connectivity index (χ0n) is 20.3. The van der Waals surface area contributed by atoms with E-state index in [1.807, 2.05) is 51.3 Å². The molecule has 3 rings (SSSR count). The third kappa shape index (κ3) is 5.32. The molecule has 7 nitrogen and oxygen atoms in total. The highest BCUT2D eigenvalue weighted by Crippen LogP contribution is 2.41. The van der Waals surface area contributed by atoms with Crippen molar-refractivity contribution in [1.29, 1.82) is 10.5 Å². The quantitative estimate of drug-likeness (QED) is 0.407. The summed E-state index contributed by atoms with van der Waals surface area (Å²) in [7, 11) is 0. The number of aryl methyl sites for hydroxylation is 1. The smallest absolute Gasteiger partial charge is 0.338 e. The molecule has 2 heterocycles. The number of hydrogen-bond donors (Lipinski definition) is 1. The summed E-state index contributed by atoms with van der Waals surface area (Å²) in [6, 6.07) is 12.0. The molecule has 1 atom stereocenters. The highest BCUT2D eigenvalue weighted by atomic mass is 32.2. The minimum Gasteiger partial charge on any atom is -0.463 e. The lowest BCUT2D eigenvalue weighted by Crippen LogP contribution is -2.27. The summed E-state index contributed by atoms with van der Waals surface area (Å²) in [5, 5.41) is 20.1. The van der Waals surface area contributed by atoms with Gasteiger partial charge in [0.15, 0.2) is 0 Å². The molecular formula is C26H26N4O3S2. The number of carbonyl (C=O) groups is 1. The molecule has 1 aromatic carbocycles. The molecule has 35 heavy (non-hydrogen) atoms. The molecule has 1 aliphatic rings. The lowest BCUT2D eigenvalue weighted by Gasteiger charge is -2.28. The van der Waals surface area contributed by atoms with Crippen LogP contribution in [-0.2, 0) is 14.3 Å². The number of aromatic nitrogens is 1. The van der Waals surface area contributed by atoms with Crippen LogP contribution in [0.5, 0.6) is 0 Å². The second-order valence-electron chi connectivity index (χ2n) is 7.78. The Bertz CT molecular complexity index is 1300.